The molecule has 3 nitrogen and oxygen atoms in total. The molecule has 1 atom stereocenters. The van der Waals surface area contributed by atoms with Crippen LogP contribution in [0.15, 0.2) is 28.7 Å². The summed E-state index contributed by atoms with van der Waals surface area (Å²) in [6.45, 7) is 1.72. The van der Waals surface area contributed by atoms with E-state index in [0.717, 1.165) is 29.5 Å². The van der Waals surface area contributed by atoms with E-state index >= 15 is 0 Å². The van der Waals surface area contributed by atoms with Gasteiger partial charge >= 0.3 is 0 Å². The number of benzene rings is 1. The molecule has 1 amide bonds. The lowest BCUT2D eigenvalue weighted by molar-refractivity contribution is -0.129. The van der Waals surface area contributed by atoms with Gasteiger partial charge in [-0.25, -0.2) is 0 Å². The number of carbonyl (C=O) groups excluding carboxylic acids is 1. The number of likely N-dealkylation sites (N-methyl/N-ethyl adjacent to an activating group) is 1. The molecule has 1 heterocycles. The van der Waals surface area contributed by atoms with Gasteiger partial charge in [0.1, 0.15) is 0 Å². The zero-order chi connectivity index (χ0) is 12.3. The fraction of sp³-hybridized carbons (Fsp3) is 0.462. The summed E-state index contributed by atoms with van der Waals surface area (Å²) in [5.41, 5.74) is 1.08. The molecule has 1 unspecified atom stereocenters. The van der Waals surface area contributed by atoms with Gasteiger partial charge in [0, 0.05) is 23.6 Å². The summed E-state index contributed by atoms with van der Waals surface area (Å²) in [4.78, 5) is 14.0. The first-order valence-electron chi connectivity index (χ1n) is 5.88. The van der Waals surface area contributed by atoms with Crippen molar-refractivity contribution < 1.29 is 4.79 Å². The van der Waals surface area contributed by atoms with Gasteiger partial charge in [-0.3, -0.25) is 4.79 Å². The molecule has 1 N–H and O–H groups in total. The summed E-state index contributed by atoms with van der Waals surface area (Å²) >= 11 is 3.39. The maximum atomic E-state index is 12.0. The van der Waals surface area contributed by atoms with Crippen molar-refractivity contribution in [2.75, 3.05) is 20.1 Å². The fourth-order valence-electron chi connectivity index (χ4n) is 2.11. The summed E-state index contributed by atoms with van der Waals surface area (Å²) in [6, 6.07) is 8.40. The highest BCUT2D eigenvalue weighted by atomic mass is 79.9. The van der Waals surface area contributed by atoms with E-state index in [-0.39, 0.29) is 5.91 Å². The number of amides is 1. The van der Waals surface area contributed by atoms with Gasteiger partial charge in [0.05, 0.1) is 6.42 Å². The minimum atomic E-state index is 0.227. The van der Waals surface area contributed by atoms with E-state index in [4.69, 9.17) is 0 Å². The topological polar surface area (TPSA) is 32.3 Å². The SMILES string of the molecule is CNC1CCN(C(=O)Cc2ccc(Br)cc2)C1. The number of hydrogen-bond donors (Lipinski definition) is 1. The van der Waals surface area contributed by atoms with E-state index in [1.165, 1.54) is 0 Å². The quantitative estimate of drug-likeness (QED) is 0.923. The third kappa shape index (κ3) is 3.30. The zero-order valence-corrected chi connectivity index (χ0v) is 11.5. The highest BCUT2D eigenvalue weighted by Gasteiger charge is 2.24. The van der Waals surface area contributed by atoms with E-state index in [1.807, 2.05) is 36.2 Å². The lowest BCUT2D eigenvalue weighted by atomic mass is 10.1. The molecule has 1 fully saturated rings. The third-order valence-corrected chi connectivity index (χ3v) is 3.75. The van der Waals surface area contributed by atoms with Crippen molar-refractivity contribution in [3.63, 3.8) is 0 Å². The molecule has 1 aliphatic rings. The molecule has 2 rings (SSSR count). The first-order valence-corrected chi connectivity index (χ1v) is 6.68. The monoisotopic (exact) mass is 296 g/mol. The van der Waals surface area contributed by atoms with Crippen LogP contribution in [0, 0.1) is 0 Å². The lowest BCUT2D eigenvalue weighted by Gasteiger charge is -2.16. The molecule has 4 heteroatoms. The number of hydrogen-bond acceptors (Lipinski definition) is 2. The predicted molar refractivity (Wildman–Crippen MR) is 71.9 cm³/mol. The number of rotatable bonds is 3. The summed E-state index contributed by atoms with van der Waals surface area (Å²) in [5, 5.41) is 3.22. The van der Waals surface area contributed by atoms with E-state index in [0.29, 0.717) is 12.5 Å². The molecule has 0 radical (unpaired) electrons. The Balaban J connectivity index is 1.91. The van der Waals surface area contributed by atoms with E-state index in [9.17, 15) is 4.79 Å². The molecule has 17 heavy (non-hydrogen) atoms. The van der Waals surface area contributed by atoms with Crippen LogP contribution < -0.4 is 5.32 Å². The average molecular weight is 297 g/mol. The summed E-state index contributed by atoms with van der Waals surface area (Å²) in [6.07, 6.45) is 1.56. The number of nitrogens with one attached hydrogen (secondary N) is 1. The maximum Gasteiger partial charge on any atom is 0.227 e. The Kier molecular flexibility index (Phi) is 4.18. The first-order chi connectivity index (χ1) is 8.19. The molecule has 1 aromatic carbocycles. The number of halogens is 1. The van der Waals surface area contributed by atoms with Crippen LogP contribution in [0.5, 0.6) is 0 Å². The van der Waals surface area contributed by atoms with Gasteiger partial charge in [-0.15, -0.1) is 0 Å². The second-order valence-corrected chi connectivity index (χ2v) is 5.33. The molecular weight excluding hydrogens is 280 g/mol. The highest BCUT2D eigenvalue weighted by Crippen LogP contribution is 2.14. The molecule has 0 saturated carbocycles. The van der Waals surface area contributed by atoms with Gasteiger partial charge in [-0.2, -0.15) is 0 Å². The first kappa shape index (κ1) is 12.6. The van der Waals surface area contributed by atoms with Crippen LogP contribution in [0.1, 0.15) is 12.0 Å². The number of likely N-dealkylation sites (tertiary alicyclic amines) is 1. The van der Waals surface area contributed by atoms with Gasteiger partial charge in [0.15, 0.2) is 0 Å². The standard InChI is InChI=1S/C13H17BrN2O/c1-15-12-6-7-16(9-12)13(17)8-10-2-4-11(14)5-3-10/h2-5,12,15H,6-9H2,1H3. The van der Waals surface area contributed by atoms with Crippen LogP contribution in [0.2, 0.25) is 0 Å². The molecule has 92 valence electrons. The number of carbonyl (C=O) groups is 1. The van der Waals surface area contributed by atoms with E-state index in [1.54, 1.807) is 0 Å². The molecular formula is C13H17BrN2O. The summed E-state index contributed by atoms with van der Waals surface area (Å²) in [7, 11) is 1.95. The van der Waals surface area contributed by atoms with Crippen LogP contribution in [-0.4, -0.2) is 37.0 Å². The van der Waals surface area contributed by atoms with Crippen molar-refractivity contribution in [3.8, 4) is 0 Å². The van der Waals surface area contributed by atoms with Crippen LogP contribution in [0.4, 0.5) is 0 Å². The molecule has 0 bridgehead atoms. The third-order valence-electron chi connectivity index (χ3n) is 3.22. The smallest absolute Gasteiger partial charge is 0.227 e. The van der Waals surface area contributed by atoms with Gasteiger partial charge < -0.3 is 10.2 Å². The maximum absolute atomic E-state index is 12.0. The van der Waals surface area contributed by atoms with E-state index in [2.05, 4.69) is 21.2 Å². The Morgan fingerprint density at radius 1 is 1.47 bits per heavy atom. The van der Waals surface area contributed by atoms with Crippen LogP contribution >= 0.6 is 15.9 Å². The molecule has 0 spiro atoms. The Morgan fingerprint density at radius 2 is 2.18 bits per heavy atom. The average Bonchev–Trinajstić information content (AvgIpc) is 2.81. The van der Waals surface area contributed by atoms with Crippen molar-refractivity contribution in [1.82, 2.24) is 10.2 Å². The van der Waals surface area contributed by atoms with Crippen molar-refractivity contribution >= 4 is 21.8 Å². The Morgan fingerprint density at radius 3 is 2.76 bits per heavy atom. The Bertz CT molecular complexity index is 391. The second kappa shape index (κ2) is 5.65. The Labute approximate surface area is 110 Å². The highest BCUT2D eigenvalue weighted by molar-refractivity contribution is 9.10. The summed E-state index contributed by atoms with van der Waals surface area (Å²) in [5.74, 6) is 0.227. The van der Waals surface area contributed by atoms with Crippen LogP contribution in [-0.2, 0) is 11.2 Å². The minimum absolute atomic E-state index is 0.227. The molecule has 0 aliphatic carbocycles. The Hall–Kier alpha value is -0.870. The number of nitrogens with zero attached hydrogens (tertiary/aromatic N) is 1. The lowest BCUT2D eigenvalue weighted by Crippen LogP contribution is -2.34. The van der Waals surface area contributed by atoms with Crippen LogP contribution in [0.25, 0.3) is 0 Å². The van der Waals surface area contributed by atoms with Gasteiger partial charge in [0.25, 0.3) is 0 Å². The largest absolute Gasteiger partial charge is 0.341 e. The van der Waals surface area contributed by atoms with E-state index < -0.39 is 0 Å². The van der Waals surface area contributed by atoms with Gasteiger partial charge in [0.2, 0.25) is 5.91 Å². The van der Waals surface area contributed by atoms with Crippen molar-refractivity contribution in [3.05, 3.63) is 34.3 Å². The van der Waals surface area contributed by atoms with Gasteiger partial charge in [-0.1, -0.05) is 28.1 Å². The molecule has 0 aromatic heterocycles. The normalized spacial score (nSPS) is 19.6. The van der Waals surface area contributed by atoms with Crippen molar-refractivity contribution in [1.29, 1.82) is 0 Å². The molecule has 1 saturated heterocycles. The van der Waals surface area contributed by atoms with Gasteiger partial charge in [-0.05, 0) is 31.2 Å². The summed E-state index contributed by atoms with van der Waals surface area (Å²) < 4.78 is 1.05. The van der Waals surface area contributed by atoms with Crippen LogP contribution in [0.3, 0.4) is 0 Å². The zero-order valence-electron chi connectivity index (χ0n) is 9.95. The fourth-order valence-corrected chi connectivity index (χ4v) is 2.38. The minimum Gasteiger partial charge on any atom is -0.341 e. The second-order valence-electron chi connectivity index (χ2n) is 4.42. The van der Waals surface area contributed by atoms with Crippen molar-refractivity contribution in [2.24, 2.45) is 0 Å². The predicted octanol–water partition coefficient (Wildman–Crippen LogP) is 1.81. The van der Waals surface area contributed by atoms with Crippen molar-refractivity contribution in [2.45, 2.75) is 18.9 Å². The molecule has 1 aromatic rings. The molecule has 1 aliphatic heterocycles.